The Bertz CT molecular complexity index is 538. The zero-order valence-electron chi connectivity index (χ0n) is 16.8. The van der Waals surface area contributed by atoms with Gasteiger partial charge in [0.1, 0.15) is 0 Å². The first kappa shape index (κ1) is 23.6. The van der Waals surface area contributed by atoms with Gasteiger partial charge in [-0.25, -0.2) is 4.98 Å². The molecule has 1 aromatic heterocycles. The molecule has 5 nitrogen and oxygen atoms in total. The van der Waals surface area contributed by atoms with Crippen LogP contribution in [0.5, 0.6) is 0 Å². The van der Waals surface area contributed by atoms with E-state index in [1.807, 2.05) is 17.5 Å². The lowest BCUT2D eigenvalue weighted by atomic mass is 9.99. The van der Waals surface area contributed by atoms with E-state index in [9.17, 15) is 0 Å². The lowest BCUT2D eigenvalue weighted by molar-refractivity contribution is 0.102. The number of guanidine groups is 1. The van der Waals surface area contributed by atoms with Crippen LogP contribution in [0.4, 0.5) is 0 Å². The number of thiazole rings is 1. The van der Waals surface area contributed by atoms with Crippen LogP contribution in [0.15, 0.2) is 11.2 Å². The molecule has 0 aromatic carbocycles. The molecule has 2 N–H and O–H groups in total. The van der Waals surface area contributed by atoms with E-state index in [0.717, 1.165) is 38.4 Å². The average Bonchev–Trinajstić information content (AvgIpc) is 3.08. The van der Waals surface area contributed by atoms with Gasteiger partial charge < -0.3 is 10.6 Å². The predicted octanol–water partition coefficient (Wildman–Crippen LogP) is 3.69. The summed E-state index contributed by atoms with van der Waals surface area (Å²) >= 11 is 1.82. The molecule has 0 radical (unpaired) electrons. The van der Waals surface area contributed by atoms with Crippen molar-refractivity contribution < 1.29 is 0 Å². The fraction of sp³-hybridized carbons (Fsp3) is 0.789. The van der Waals surface area contributed by atoms with Gasteiger partial charge in [0.15, 0.2) is 5.96 Å². The third kappa shape index (κ3) is 7.68. The Balaban J connectivity index is 0.00000338. The second kappa shape index (κ2) is 12.1. The van der Waals surface area contributed by atoms with Gasteiger partial charge in [0.25, 0.3) is 0 Å². The van der Waals surface area contributed by atoms with E-state index < -0.39 is 0 Å². The van der Waals surface area contributed by atoms with E-state index in [0.29, 0.717) is 0 Å². The summed E-state index contributed by atoms with van der Waals surface area (Å²) in [7, 11) is 0. The summed E-state index contributed by atoms with van der Waals surface area (Å²) in [6, 6.07) is 0. The van der Waals surface area contributed by atoms with Crippen LogP contribution in [0.3, 0.4) is 0 Å². The molecule has 1 fully saturated rings. The second-order valence-electron chi connectivity index (χ2n) is 7.31. The van der Waals surface area contributed by atoms with E-state index in [-0.39, 0.29) is 29.5 Å². The van der Waals surface area contributed by atoms with Crippen molar-refractivity contribution in [1.82, 2.24) is 20.5 Å². The molecule has 0 unspecified atom stereocenters. The highest BCUT2D eigenvalue weighted by molar-refractivity contribution is 14.0. The molecule has 0 spiro atoms. The molecule has 2 heterocycles. The Hall–Kier alpha value is -0.410. The molecule has 1 aliphatic rings. The van der Waals surface area contributed by atoms with Crippen LogP contribution in [-0.2, 0) is 12.8 Å². The zero-order chi connectivity index (χ0) is 18.1. The molecule has 0 saturated carbocycles. The van der Waals surface area contributed by atoms with Gasteiger partial charge in [-0.2, -0.15) is 0 Å². The van der Waals surface area contributed by atoms with Crippen molar-refractivity contribution in [3.8, 4) is 0 Å². The van der Waals surface area contributed by atoms with Gasteiger partial charge in [-0.3, -0.25) is 9.89 Å². The van der Waals surface area contributed by atoms with Gasteiger partial charge in [0, 0.05) is 36.1 Å². The molecule has 0 amide bonds. The van der Waals surface area contributed by atoms with Gasteiger partial charge >= 0.3 is 0 Å². The van der Waals surface area contributed by atoms with Gasteiger partial charge in [-0.1, -0.05) is 13.3 Å². The standard InChI is InChI=1S/C19H35N5S.HI/c1-5-16-14-22-17(25-16)10-11-21-18(20-6-2)23-15-19(3,4)24-12-8-7-9-13-24;/h14H,5-13,15H2,1-4H3,(H2,20,21,23);1H. The number of likely N-dealkylation sites (tertiary alicyclic amines) is 1. The molecule has 26 heavy (non-hydrogen) atoms. The number of rotatable bonds is 8. The summed E-state index contributed by atoms with van der Waals surface area (Å²) in [5, 5.41) is 8.03. The molecule has 0 aliphatic carbocycles. The first-order valence-electron chi connectivity index (χ1n) is 9.76. The molecular weight excluding hydrogens is 457 g/mol. The van der Waals surface area contributed by atoms with Crippen molar-refractivity contribution in [3.05, 3.63) is 16.1 Å². The predicted molar refractivity (Wildman–Crippen MR) is 124 cm³/mol. The minimum absolute atomic E-state index is 0. The molecule has 2 rings (SSSR count). The Morgan fingerprint density at radius 1 is 1.23 bits per heavy atom. The van der Waals surface area contributed by atoms with Crippen molar-refractivity contribution >= 4 is 41.3 Å². The molecule has 0 bridgehead atoms. The van der Waals surface area contributed by atoms with Crippen molar-refractivity contribution in [2.45, 2.75) is 65.3 Å². The van der Waals surface area contributed by atoms with E-state index >= 15 is 0 Å². The maximum absolute atomic E-state index is 4.85. The number of aromatic nitrogens is 1. The van der Waals surface area contributed by atoms with Gasteiger partial charge in [-0.15, -0.1) is 35.3 Å². The normalized spacial score (nSPS) is 16.2. The third-order valence-corrected chi connectivity index (χ3v) is 5.96. The Morgan fingerprint density at radius 2 is 1.96 bits per heavy atom. The summed E-state index contributed by atoms with van der Waals surface area (Å²) < 4.78 is 0. The van der Waals surface area contributed by atoms with Gasteiger partial charge in [0.2, 0.25) is 0 Å². The van der Waals surface area contributed by atoms with Gasteiger partial charge in [0.05, 0.1) is 11.6 Å². The SMILES string of the molecule is CCNC(=NCC(C)(C)N1CCCCC1)NCCc1ncc(CC)s1.I. The number of halogens is 1. The molecule has 1 aromatic rings. The molecule has 1 aliphatic heterocycles. The molecular formula is C19H36IN5S. The van der Waals surface area contributed by atoms with E-state index in [2.05, 4.69) is 48.2 Å². The zero-order valence-corrected chi connectivity index (χ0v) is 20.0. The van der Waals surface area contributed by atoms with E-state index in [4.69, 9.17) is 4.99 Å². The summed E-state index contributed by atoms with van der Waals surface area (Å²) in [6.07, 6.45) is 8.03. The highest BCUT2D eigenvalue weighted by atomic mass is 127. The number of hydrogen-bond donors (Lipinski definition) is 2. The summed E-state index contributed by atoms with van der Waals surface area (Å²) in [4.78, 5) is 13.3. The fourth-order valence-electron chi connectivity index (χ4n) is 3.13. The Morgan fingerprint density at radius 3 is 2.58 bits per heavy atom. The van der Waals surface area contributed by atoms with E-state index in [1.54, 1.807) is 0 Å². The molecule has 1 saturated heterocycles. The highest BCUT2D eigenvalue weighted by Gasteiger charge is 2.27. The van der Waals surface area contributed by atoms with Crippen molar-refractivity contribution in [3.63, 3.8) is 0 Å². The van der Waals surface area contributed by atoms with Crippen LogP contribution in [-0.4, -0.2) is 54.1 Å². The quantitative estimate of drug-likeness (QED) is 0.330. The molecule has 0 atom stereocenters. The number of piperidine rings is 1. The number of hydrogen-bond acceptors (Lipinski definition) is 4. The monoisotopic (exact) mass is 493 g/mol. The van der Waals surface area contributed by atoms with E-state index in [1.165, 1.54) is 42.2 Å². The van der Waals surface area contributed by atoms with Crippen LogP contribution in [0.2, 0.25) is 0 Å². The van der Waals surface area contributed by atoms with Crippen LogP contribution >= 0.6 is 35.3 Å². The van der Waals surface area contributed by atoms with Crippen molar-refractivity contribution in [2.24, 2.45) is 4.99 Å². The average molecular weight is 494 g/mol. The summed E-state index contributed by atoms with van der Waals surface area (Å²) in [6.45, 7) is 13.9. The minimum atomic E-state index is 0. The summed E-state index contributed by atoms with van der Waals surface area (Å²) in [5.74, 6) is 0.917. The van der Waals surface area contributed by atoms with Crippen LogP contribution in [0.1, 0.15) is 56.8 Å². The fourth-order valence-corrected chi connectivity index (χ4v) is 3.99. The number of nitrogens with one attached hydrogen (secondary N) is 2. The molecule has 150 valence electrons. The van der Waals surface area contributed by atoms with Crippen LogP contribution in [0, 0.1) is 0 Å². The first-order chi connectivity index (χ1) is 12.0. The topological polar surface area (TPSA) is 52.6 Å². The molecule has 7 heteroatoms. The smallest absolute Gasteiger partial charge is 0.191 e. The maximum atomic E-state index is 4.85. The minimum Gasteiger partial charge on any atom is -0.357 e. The van der Waals surface area contributed by atoms with Crippen LogP contribution < -0.4 is 10.6 Å². The van der Waals surface area contributed by atoms with Crippen molar-refractivity contribution in [2.75, 3.05) is 32.7 Å². The Labute approximate surface area is 180 Å². The maximum Gasteiger partial charge on any atom is 0.191 e. The summed E-state index contributed by atoms with van der Waals surface area (Å²) in [5.41, 5.74) is 0.119. The van der Waals surface area contributed by atoms with Crippen LogP contribution in [0.25, 0.3) is 0 Å². The first-order valence-corrected chi connectivity index (χ1v) is 10.6. The number of aryl methyl sites for hydroxylation is 1. The highest BCUT2D eigenvalue weighted by Crippen LogP contribution is 2.20. The lowest BCUT2D eigenvalue weighted by Gasteiger charge is -2.40. The number of nitrogens with zero attached hydrogens (tertiary/aromatic N) is 3. The van der Waals surface area contributed by atoms with Crippen molar-refractivity contribution in [1.29, 1.82) is 0 Å². The third-order valence-electron chi connectivity index (χ3n) is 4.76. The van der Waals surface area contributed by atoms with Gasteiger partial charge in [-0.05, 0) is 53.1 Å². The Kier molecular flexibility index (Phi) is 11.0. The second-order valence-corrected chi connectivity index (χ2v) is 8.51. The largest absolute Gasteiger partial charge is 0.357 e. The number of aliphatic imine (C=N–C) groups is 1. The lowest BCUT2D eigenvalue weighted by Crippen LogP contribution is -2.49.